The zero-order chi connectivity index (χ0) is 9.07. The number of hydrogen-bond acceptors (Lipinski definition) is 3. The lowest BCUT2D eigenvalue weighted by molar-refractivity contribution is -0.127. The van der Waals surface area contributed by atoms with Gasteiger partial charge in [-0.25, -0.2) is 0 Å². The Morgan fingerprint density at radius 1 is 1.36 bits per heavy atom. The van der Waals surface area contributed by atoms with Crippen LogP contribution in [0.3, 0.4) is 0 Å². The van der Waals surface area contributed by atoms with Crippen molar-refractivity contribution in [3.63, 3.8) is 0 Å². The fraction of sp³-hybridized carbons (Fsp3) is 1.00. The van der Waals surface area contributed by atoms with E-state index in [1.54, 1.807) is 13.8 Å². The second-order valence-electron chi connectivity index (χ2n) is 2.18. The van der Waals surface area contributed by atoms with Gasteiger partial charge in [0.15, 0.2) is 0 Å². The van der Waals surface area contributed by atoms with Crippen LogP contribution in [-0.4, -0.2) is 16.8 Å². The van der Waals surface area contributed by atoms with Crippen LogP contribution in [0.4, 0.5) is 13.2 Å². The van der Waals surface area contributed by atoms with E-state index in [9.17, 15) is 18.1 Å². The predicted octanol–water partition coefficient (Wildman–Crippen LogP) is 2.78. The minimum absolute atomic E-state index is 0.251. The maximum Gasteiger partial charge on any atom is 0.423 e. The summed E-state index contributed by atoms with van der Waals surface area (Å²) in [5.74, 6) is 0. The minimum Gasteiger partial charge on any atom is -0.168 e. The van der Waals surface area contributed by atoms with E-state index in [2.05, 4.69) is 0 Å². The fourth-order valence-corrected chi connectivity index (χ4v) is 1.14. The molecular formula is C5H8F3NOS. The molecule has 0 fully saturated rings. The maximum absolute atomic E-state index is 11.8. The Balaban J connectivity index is 4.07. The Bertz CT molecular complexity index is 136. The van der Waals surface area contributed by atoms with Crippen molar-refractivity contribution in [1.82, 2.24) is 0 Å². The number of alkyl halides is 3. The van der Waals surface area contributed by atoms with Crippen LogP contribution in [0.25, 0.3) is 0 Å². The average Bonchev–Trinajstić information content (AvgIpc) is 1.79. The normalized spacial score (nSPS) is 15.1. The summed E-state index contributed by atoms with van der Waals surface area (Å²) >= 11 is 0.502. The van der Waals surface area contributed by atoms with Gasteiger partial charge in [0.05, 0.1) is 0 Å². The predicted molar refractivity (Wildman–Crippen MR) is 38.4 cm³/mol. The monoisotopic (exact) mass is 187 g/mol. The number of rotatable bonds is 3. The summed E-state index contributed by atoms with van der Waals surface area (Å²) < 4.78 is 35.3. The summed E-state index contributed by atoms with van der Waals surface area (Å²) in [6.07, 6.45) is -4.52. The molecule has 0 aliphatic carbocycles. The Kier molecular flexibility index (Phi) is 3.85. The van der Waals surface area contributed by atoms with Gasteiger partial charge in [-0.2, -0.15) is 13.2 Å². The molecule has 0 spiro atoms. The van der Waals surface area contributed by atoms with Crippen molar-refractivity contribution in [3.8, 4) is 0 Å². The van der Waals surface area contributed by atoms with Gasteiger partial charge >= 0.3 is 6.18 Å². The fourth-order valence-electron chi connectivity index (χ4n) is 0.420. The van der Waals surface area contributed by atoms with E-state index in [-0.39, 0.29) is 5.25 Å². The first-order valence-corrected chi connectivity index (χ1v) is 3.87. The maximum atomic E-state index is 11.8. The van der Waals surface area contributed by atoms with Gasteiger partial charge in [0, 0.05) is 5.25 Å². The smallest absolute Gasteiger partial charge is 0.168 e. The molecule has 0 bridgehead atoms. The first kappa shape index (κ1) is 10.7. The van der Waals surface area contributed by atoms with Gasteiger partial charge in [-0.1, -0.05) is 13.8 Å². The topological polar surface area (TPSA) is 29.4 Å². The highest BCUT2D eigenvalue weighted by atomic mass is 32.2. The van der Waals surface area contributed by atoms with E-state index in [1.807, 2.05) is 5.18 Å². The lowest BCUT2D eigenvalue weighted by Crippen LogP contribution is -2.24. The second-order valence-corrected chi connectivity index (χ2v) is 3.85. The molecule has 6 heteroatoms. The van der Waals surface area contributed by atoms with Gasteiger partial charge in [0.1, 0.15) is 0 Å². The number of nitrogens with zero attached hydrogens (tertiary/aromatic N) is 1. The molecule has 0 radical (unpaired) electrons. The van der Waals surface area contributed by atoms with Gasteiger partial charge in [-0.3, -0.25) is 0 Å². The van der Waals surface area contributed by atoms with Crippen LogP contribution < -0.4 is 0 Å². The molecule has 2 nitrogen and oxygen atoms in total. The van der Waals surface area contributed by atoms with Crippen molar-refractivity contribution in [2.45, 2.75) is 30.6 Å². The summed E-state index contributed by atoms with van der Waals surface area (Å²) in [5, 5.41) is -0.386. The second kappa shape index (κ2) is 3.94. The van der Waals surface area contributed by atoms with E-state index in [0.717, 1.165) is 0 Å². The molecule has 0 saturated heterocycles. The summed E-state index contributed by atoms with van der Waals surface area (Å²) in [6.45, 7) is 3.16. The third-order valence-electron chi connectivity index (χ3n) is 0.777. The van der Waals surface area contributed by atoms with Crippen molar-refractivity contribution in [2.24, 2.45) is 5.18 Å². The Morgan fingerprint density at radius 2 is 1.82 bits per heavy atom. The minimum atomic E-state index is -4.52. The van der Waals surface area contributed by atoms with Crippen LogP contribution in [0.15, 0.2) is 5.18 Å². The molecule has 0 rings (SSSR count). The number of hydrogen-bond donors (Lipinski definition) is 0. The molecule has 1 unspecified atom stereocenters. The summed E-state index contributed by atoms with van der Waals surface area (Å²) in [6, 6.07) is 0. The molecule has 0 aromatic carbocycles. The van der Waals surface area contributed by atoms with Crippen LogP contribution in [0.5, 0.6) is 0 Å². The molecule has 0 aliphatic heterocycles. The van der Waals surface area contributed by atoms with Crippen LogP contribution in [-0.2, 0) is 0 Å². The Labute approximate surface area is 66.5 Å². The first-order chi connectivity index (χ1) is 4.88. The van der Waals surface area contributed by atoms with Gasteiger partial charge in [-0.05, 0) is 5.18 Å². The molecule has 0 aliphatic rings. The Morgan fingerprint density at radius 3 is 1.91 bits per heavy atom. The van der Waals surface area contributed by atoms with Crippen LogP contribution in [0.2, 0.25) is 0 Å². The highest BCUT2D eigenvalue weighted by Gasteiger charge is 2.42. The Hall–Kier alpha value is -0.260. The summed E-state index contributed by atoms with van der Waals surface area (Å²) in [5.41, 5.74) is 0. The highest BCUT2D eigenvalue weighted by Crippen LogP contribution is 2.33. The molecule has 1 atom stereocenters. The molecule has 0 amide bonds. The molecule has 0 saturated carbocycles. The molecule has 11 heavy (non-hydrogen) atoms. The van der Waals surface area contributed by atoms with Crippen LogP contribution in [0.1, 0.15) is 13.8 Å². The zero-order valence-corrected chi connectivity index (χ0v) is 6.87. The number of thioether (sulfide) groups is 1. The van der Waals surface area contributed by atoms with Crippen molar-refractivity contribution in [1.29, 1.82) is 0 Å². The molecular weight excluding hydrogens is 179 g/mol. The van der Waals surface area contributed by atoms with Gasteiger partial charge in [0.25, 0.3) is 0 Å². The van der Waals surface area contributed by atoms with Crippen LogP contribution in [0, 0.1) is 4.91 Å². The van der Waals surface area contributed by atoms with Gasteiger partial charge in [-0.15, -0.1) is 16.7 Å². The molecule has 0 aromatic heterocycles. The third-order valence-corrected chi connectivity index (χ3v) is 1.93. The molecule has 0 heterocycles. The quantitative estimate of drug-likeness (QED) is 0.636. The third kappa shape index (κ3) is 4.23. The molecule has 66 valence electrons. The van der Waals surface area contributed by atoms with E-state index in [4.69, 9.17) is 0 Å². The van der Waals surface area contributed by atoms with Crippen molar-refractivity contribution in [3.05, 3.63) is 4.91 Å². The van der Waals surface area contributed by atoms with E-state index >= 15 is 0 Å². The number of halogens is 3. The molecule has 0 N–H and O–H groups in total. The van der Waals surface area contributed by atoms with Crippen LogP contribution >= 0.6 is 11.8 Å². The number of nitroso groups, excluding NO2 is 1. The SMILES string of the molecule is CC(C)SC(N=O)C(F)(F)F. The van der Waals surface area contributed by atoms with Crippen molar-refractivity contribution in [2.75, 3.05) is 0 Å². The molecule has 0 aromatic rings. The van der Waals surface area contributed by atoms with Crippen molar-refractivity contribution < 1.29 is 13.2 Å². The lowest BCUT2D eigenvalue weighted by atomic mass is 10.6. The highest BCUT2D eigenvalue weighted by molar-refractivity contribution is 8.00. The first-order valence-electron chi connectivity index (χ1n) is 2.92. The largest absolute Gasteiger partial charge is 0.423 e. The van der Waals surface area contributed by atoms with Gasteiger partial charge < -0.3 is 0 Å². The van der Waals surface area contributed by atoms with E-state index in [0.29, 0.717) is 11.8 Å². The van der Waals surface area contributed by atoms with Crippen molar-refractivity contribution >= 4 is 11.8 Å². The van der Waals surface area contributed by atoms with E-state index in [1.165, 1.54) is 0 Å². The summed E-state index contributed by atoms with van der Waals surface area (Å²) in [4.78, 5) is 9.70. The standard InChI is InChI=1S/C5H8F3NOS/c1-3(2)11-4(9-10)5(6,7)8/h3-4H,1-2H3. The van der Waals surface area contributed by atoms with E-state index < -0.39 is 11.6 Å². The zero-order valence-electron chi connectivity index (χ0n) is 6.05. The summed E-state index contributed by atoms with van der Waals surface area (Å²) in [7, 11) is 0. The lowest BCUT2D eigenvalue weighted by Gasteiger charge is -2.13. The average molecular weight is 187 g/mol. The van der Waals surface area contributed by atoms with Gasteiger partial charge in [0.2, 0.25) is 5.37 Å².